The van der Waals surface area contributed by atoms with Crippen LogP contribution in [0.25, 0.3) is 0 Å². The number of hydrogen-bond donors (Lipinski definition) is 2. The van der Waals surface area contributed by atoms with Gasteiger partial charge in [0.15, 0.2) is 0 Å². The molecule has 1 saturated carbocycles. The lowest BCUT2D eigenvalue weighted by Gasteiger charge is -2.10. The van der Waals surface area contributed by atoms with E-state index in [-0.39, 0.29) is 5.91 Å². The Kier molecular flexibility index (Phi) is 3.92. The molecule has 0 spiro atoms. The Hall–Kier alpha value is -1.79. The molecule has 3 nitrogen and oxygen atoms in total. The van der Waals surface area contributed by atoms with Crippen LogP contribution in [-0.4, -0.2) is 19.0 Å². The fourth-order valence-electron chi connectivity index (χ4n) is 1.88. The Morgan fingerprint density at radius 1 is 1.47 bits per heavy atom. The molecule has 0 saturated heterocycles. The van der Waals surface area contributed by atoms with Crippen LogP contribution in [0.2, 0.25) is 0 Å². The summed E-state index contributed by atoms with van der Waals surface area (Å²) in [4.78, 5) is 12.0. The van der Waals surface area contributed by atoms with Crippen molar-refractivity contribution in [3.05, 3.63) is 34.9 Å². The van der Waals surface area contributed by atoms with Crippen LogP contribution in [0, 0.1) is 24.2 Å². The standard InChI is InChI=1S/C16H20N2O/c1-12-10-14(6-5-13(12)4-3-9-17)15(19)18-11-16(2)7-8-16/h5-6,10H,7-9,11,17H2,1-2H3,(H,18,19). The number of benzene rings is 1. The van der Waals surface area contributed by atoms with Gasteiger partial charge in [0.05, 0.1) is 6.54 Å². The van der Waals surface area contributed by atoms with E-state index < -0.39 is 0 Å². The third-order valence-electron chi connectivity index (χ3n) is 3.59. The Labute approximate surface area is 114 Å². The molecule has 19 heavy (non-hydrogen) atoms. The van der Waals surface area contributed by atoms with Gasteiger partial charge in [0, 0.05) is 17.7 Å². The first-order chi connectivity index (χ1) is 9.04. The summed E-state index contributed by atoms with van der Waals surface area (Å²) in [6, 6.07) is 5.58. The molecule has 0 radical (unpaired) electrons. The second-order valence-electron chi connectivity index (χ2n) is 5.53. The van der Waals surface area contributed by atoms with E-state index in [2.05, 4.69) is 24.1 Å². The maximum absolute atomic E-state index is 12.0. The molecule has 0 atom stereocenters. The molecule has 100 valence electrons. The van der Waals surface area contributed by atoms with Crippen LogP contribution >= 0.6 is 0 Å². The van der Waals surface area contributed by atoms with Gasteiger partial charge in [-0.05, 0) is 48.9 Å². The maximum Gasteiger partial charge on any atom is 0.251 e. The van der Waals surface area contributed by atoms with Crippen LogP contribution < -0.4 is 11.1 Å². The lowest BCUT2D eigenvalue weighted by Crippen LogP contribution is -2.29. The van der Waals surface area contributed by atoms with E-state index in [0.717, 1.165) is 17.7 Å². The van der Waals surface area contributed by atoms with E-state index in [1.165, 1.54) is 12.8 Å². The van der Waals surface area contributed by atoms with Crippen molar-refractivity contribution in [1.82, 2.24) is 5.32 Å². The van der Waals surface area contributed by atoms with Crippen molar-refractivity contribution in [1.29, 1.82) is 0 Å². The number of nitrogens with one attached hydrogen (secondary N) is 1. The fourth-order valence-corrected chi connectivity index (χ4v) is 1.88. The number of hydrogen-bond acceptors (Lipinski definition) is 2. The summed E-state index contributed by atoms with van der Waals surface area (Å²) in [6.45, 7) is 5.27. The van der Waals surface area contributed by atoms with E-state index in [1.807, 2.05) is 25.1 Å². The van der Waals surface area contributed by atoms with E-state index in [9.17, 15) is 4.79 Å². The van der Waals surface area contributed by atoms with Crippen molar-refractivity contribution in [2.75, 3.05) is 13.1 Å². The minimum Gasteiger partial charge on any atom is -0.351 e. The molecule has 3 N–H and O–H groups in total. The molecule has 0 aliphatic heterocycles. The SMILES string of the molecule is Cc1cc(C(=O)NCC2(C)CC2)ccc1C#CCN. The lowest BCUT2D eigenvalue weighted by atomic mass is 10.0. The first-order valence-electron chi connectivity index (χ1n) is 6.62. The van der Waals surface area contributed by atoms with Gasteiger partial charge in [0.2, 0.25) is 0 Å². The molecule has 1 aromatic rings. The van der Waals surface area contributed by atoms with Crippen LogP contribution in [0.1, 0.15) is 41.3 Å². The number of carbonyl (C=O) groups is 1. The van der Waals surface area contributed by atoms with Gasteiger partial charge in [-0.2, -0.15) is 0 Å². The first-order valence-corrected chi connectivity index (χ1v) is 6.62. The molecule has 0 bridgehead atoms. The molecule has 1 fully saturated rings. The van der Waals surface area contributed by atoms with Gasteiger partial charge in [0.25, 0.3) is 5.91 Å². The number of aryl methyl sites for hydroxylation is 1. The molecule has 1 aromatic carbocycles. The van der Waals surface area contributed by atoms with E-state index in [4.69, 9.17) is 5.73 Å². The average Bonchev–Trinajstić information content (AvgIpc) is 3.13. The highest BCUT2D eigenvalue weighted by atomic mass is 16.1. The van der Waals surface area contributed by atoms with Gasteiger partial charge in [-0.3, -0.25) is 4.79 Å². The van der Waals surface area contributed by atoms with Crippen LogP contribution in [0.5, 0.6) is 0 Å². The number of nitrogens with two attached hydrogens (primary N) is 1. The van der Waals surface area contributed by atoms with Crippen molar-refractivity contribution in [3.63, 3.8) is 0 Å². The maximum atomic E-state index is 12.0. The highest BCUT2D eigenvalue weighted by Gasteiger charge is 2.37. The van der Waals surface area contributed by atoms with Gasteiger partial charge in [0.1, 0.15) is 0 Å². The highest BCUT2D eigenvalue weighted by Crippen LogP contribution is 2.44. The largest absolute Gasteiger partial charge is 0.351 e. The summed E-state index contributed by atoms with van der Waals surface area (Å²) < 4.78 is 0. The summed E-state index contributed by atoms with van der Waals surface area (Å²) in [5.74, 6) is 5.82. The number of amides is 1. The summed E-state index contributed by atoms with van der Waals surface area (Å²) in [6.07, 6.45) is 2.42. The van der Waals surface area contributed by atoms with Crippen LogP contribution in [-0.2, 0) is 0 Å². The normalized spacial score (nSPS) is 15.3. The van der Waals surface area contributed by atoms with Gasteiger partial charge in [-0.15, -0.1) is 0 Å². The molecular formula is C16H20N2O. The van der Waals surface area contributed by atoms with Crippen LogP contribution in [0.4, 0.5) is 0 Å². The smallest absolute Gasteiger partial charge is 0.251 e. The number of carbonyl (C=O) groups excluding carboxylic acids is 1. The number of rotatable bonds is 3. The summed E-state index contributed by atoms with van der Waals surface area (Å²) in [7, 11) is 0. The Morgan fingerprint density at radius 3 is 2.79 bits per heavy atom. The summed E-state index contributed by atoms with van der Waals surface area (Å²) in [5, 5.41) is 3.00. The van der Waals surface area contributed by atoms with Crippen molar-refractivity contribution < 1.29 is 4.79 Å². The minimum atomic E-state index is -0.00504. The lowest BCUT2D eigenvalue weighted by molar-refractivity contribution is 0.0946. The van der Waals surface area contributed by atoms with Crippen molar-refractivity contribution in [2.24, 2.45) is 11.1 Å². The van der Waals surface area contributed by atoms with Gasteiger partial charge < -0.3 is 11.1 Å². The molecule has 0 heterocycles. The fraction of sp³-hybridized carbons (Fsp3) is 0.438. The molecule has 2 rings (SSSR count). The van der Waals surface area contributed by atoms with Crippen molar-refractivity contribution >= 4 is 5.91 Å². The second-order valence-corrected chi connectivity index (χ2v) is 5.53. The second kappa shape index (κ2) is 5.46. The monoisotopic (exact) mass is 256 g/mol. The summed E-state index contributed by atoms with van der Waals surface area (Å²) >= 11 is 0. The molecule has 1 amide bonds. The van der Waals surface area contributed by atoms with E-state index in [1.54, 1.807) is 0 Å². The predicted molar refractivity (Wildman–Crippen MR) is 76.8 cm³/mol. The third-order valence-corrected chi connectivity index (χ3v) is 3.59. The van der Waals surface area contributed by atoms with Gasteiger partial charge in [-0.25, -0.2) is 0 Å². The average molecular weight is 256 g/mol. The van der Waals surface area contributed by atoms with Gasteiger partial charge >= 0.3 is 0 Å². The zero-order valence-electron chi connectivity index (χ0n) is 11.5. The molecule has 1 aliphatic rings. The third kappa shape index (κ3) is 3.59. The topological polar surface area (TPSA) is 55.1 Å². The van der Waals surface area contributed by atoms with Crippen LogP contribution in [0.15, 0.2) is 18.2 Å². The Balaban J connectivity index is 2.04. The zero-order valence-corrected chi connectivity index (χ0v) is 11.5. The van der Waals surface area contributed by atoms with Gasteiger partial charge in [-0.1, -0.05) is 18.8 Å². The zero-order chi connectivity index (χ0) is 13.9. The minimum absolute atomic E-state index is 0.00504. The Morgan fingerprint density at radius 2 is 2.21 bits per heavy atom. The predicted octanol–water partition coefficient (Wildman–Crippen LogP) is 1.84. The molecule has 1 aliphatic carbocycles. The quantitative estimate of drug-likeness (QED) is 0.811. The molecule has 0 aromatic heterocycles. The van der Waals surface area contributed by atoms with Crippen LogP contribution in [0.3, 0.4) is 0 Å². The first kappa shape index (κ1) is 13.6. The summed E-state index contributed by atoms with van der Waals surface area (Å²) in [5.41, 5.74) is 8.31. The Bertz CT molecular complexity index is 548. The molecule has 0 unspecified atom stereocenters. The molecular weight excluding hydrogens is 236 g/mol. The van der Waals surface area contributed by atoms with Crippen molar-refractivity contribution in [2.45, 2.75) is 26.7 Å². The van der Waals surface area contributed by atoms with Crippen molar-refractivity contribution in [3.8, 4) is 11.8 Å². The molecule has 3 heteroatoms. The van der Waals surface area contributed by atoms with E-state index >= 15 is 0 Å². The highest BCUT2D eigenvalue weighted by molar-refractivity contribution is 5.94. The van der Waals surface area contributed by atoms with E-state index in [0.29, 0.717) is 17.5 Å².